The molecule has 0 rings (SSSR count). The molecule has 4 heteroatoms. The number of esters is 1. The fourth-order valence-electron chi connectivity index (χ4n) is 0.633. The SMILES string of the molecule is CC(=O)OCCCCC(=N)N. The van der Waals surface area contributed by atoms with E-state index in [9.17, 15) is 4.79 Å². The van der Waals surface area contributed by atoms with Crippen LogP contribution in [0.4, 0.5) is 0 Å². The number of unbranched alkanes of at least 4 members (excludes halogenated alkanes) is 1. The summed E-state index contributed by atoms with van der Waals surface area (Å²) in [5.74, 6) is -0.0688. The van der Waals surface area contributed by atoms with Gasteiger partial charge in [-0.15, -0.1) is 0 Å². The Kier molecular flexibility index (Phi) is 5.15. The Morgan fingerprint density at radius 2 is 2.18 bits per heavy atom. The molecular formula is C7H14N2O2. The van der Waals surface area contributed by atoms with Crippen LogP contribution in [0.2, 0.25) is 0 Å². The second kappa shape index (κ2) is 5.70. The first kappa shape index (κ1) is 9.94. The molecule has 0 aliphatic carbocycles. The highest BCUT2D eigenvalue weighted by Gasteiger charge is 1.93. The van der Waals surface area contributed by atoms with Crippen molar-refractivity contribution in [3.8, 4) is 0 Å². The van der Waals surface area contributed by atoms with Gasteiger partial charge in [0.25, 0.3) is 0 Å². The van der Waals surface area contributed by atoms with Gasteiger partial charge < -0.3 is 10.5 Å². The Hall–Kier alpha value is -1.06. The average molecular weight is 158 g/mol. The van der Waals surface area contributed by atoms with E-state index in [4.69, 9.17) is 11.1 Å². The van der Waals surface area contributed by atoms with Crippen LogP contribution in [-0.4, -0.2) is 18.4 Å². The average Bonchev–Trinajstić information content (AvgIpc) is 1.85. The second-order valence-corrected chi connectivity index (χ2v) is 2.32. The van der Waals surface area contributed by atoms with Crippen molar-refractivity contribution in [1.82, 2.24) is 0 Å². The first-order valence-corrected chi connectivity index (χ1v) is 3.59. The lowest BCUT2D eigenvalue weighted by molar-refractivity contribution is -0.141. The van der Waals surface area contributed by atoms with Crippen molar-refractivity contribution < 1.29 is 9.53 Å². The Labute approximate surface area is 66.2 Å². The van der Waals surface area contributed by atoms with E-state index in [1.807, 2.05) is 0 Å². The van der Waals surface area contributed by atoms with Gasteiger partial charge in [0.1, 0.15) is 0 Å². The van der Waals surface area contributed by atoms with Crippen LogP contribution in [0, 0.1) is 5.41 Å². The van der Waals surface area contributed by atoms with Crippen molar-refractivity contribution in [3.05, 3.63) is 0 Å². The molecule has 0 unspecified atom stereocenters. The summed E-state index contributed by atoms with van der Waals surface area (Å²) in [4.78, 5) is 10.3. The van der Waals surface area contributed by atoms with Crippen molar-refractivity contribution >= 4 is 11.8 Å². The van der Waals surface area contributed by atoms with E-state index in [1.165, 1.54) is 6.92 Å². The van der Waals surface area contributed by atoms with E-state index in [-0.39, 0.29) is 11.8 Å². The van der Waals surface area contributed by atoms with E-state index in [2.05, 4.69) is 4.74 Å². The molecule has 0 bridgehead atoms. The number of ether oxygens (including phenoxy) is 1. The van der Waals surface area contributed by atoms with Gasteiger partial charge in [-0.3, -0.25) is 10.2 Å². The van der Waals surface area contributed by atoms with Crippen LogP contribution in [0.3, 0.4) is 0 Å². The quantitative estimate of drug-likeness (QED) is 0.267. The molecule has 0 spiro atoms. The summed E-state index contributed by atoms with van der Waals surface area (Å²) in [5, 5.41) is 6.88. The molecular weight excluding hydrogens is 144 g/mol. The lowest BCUT2D eigenvalue weighted by atomic mass is 10.2. The molecule has 0 atom stereocenters. The van der Waals surface area contributed by atoms with Crippen molar-refractivity contribution in [2.45, 2.75) is 26.2 Å². The van der Waals surface area contributed by atoms with Crippen LogP contribution in [0.15, 0.2) is 0 Å². The third-order valence-electron chi connectivity index (χ3n) is 1.15. The summed E-state index contributed by atoms with van der Waals surface area (Å²) in [6.07, 6.45) is 2.17. The molecule has 0 saturated carbocycles. The molecule has 0 aromatic heterocycles. The standard InChI is InChI=1S/C7H14N2O2/c1-6(10)11-5-3-2-4-7(8)9/h2-5H2,1H3,(H3,8,9). The second-order valence-electron chi connectivity index (χ2n) is 2.32. The van der Waals surface area contributed by atoms with Gasteiger partial charge in [0.15, 0.2) is 0 Å². The molecule has 0 aromatic rings. The summed E-state index contributed by atoms with van der Waals surface area (Å²) < 4.78 is 4.67. The van der Waals surface area contributed by atoms with Crippen LogP contribution in [0.5, 0.6) is 0 Å². The maximum absolute atomic E-state index is 10.3. The highest BCUT2D eigenvalue weighted by atomic mass is 16.5. The molecule has 0 heterocycles. The van der Waals surface area contributed by atoms with E-state index in [0.29, 0.717) is 13.0 Å². The number of hydrogen-bond donors (Lipinski definition) is 2. The van der Waals surface area contributed by atoms with Crippen molar-refractivity contribution in [1.29, 1.82) is 5.41 Å². The molecule has 0 aliphatic heterocycles. The minimum Gasteiger partial charge on any atom is -0.466 e. The van der Waals surface area contributed by atoms with Crippen molar-refractivity contribution in [2.75, 3.05) is 6.61 Å². The first-order valence-electron chi connectivity index (χ1n) is 3.59. The molecule has 4 nitrogen and oxygen atoms in total. The number of rotatable bonds is 5. The highest BCUT2D eigenvalue weighted by Crippen LogP contribution is 1.94. The van der Waals surface area contributed by atoms with Crippen LogP contribution >= 0.6 is 0 Å². The largest absolute Gasteiger partial charge is 0.466 e. The molecule has 0 aliphatic rings. The molecule has 11 heavy (non-hydrogen) atoms. The number of hydrogen-bond acceptors (Lipinski definition) is 3. The summed E-state index contributed by atoms with van der Waals surface area (Å²) in [6, 6.07) is 0. The van der Waals surface area contributed by atoms with E-state index < -0.39 is 0 Å². The normalized spacial score (nSPS) is 9.18. The zero-order valence-electron chi connectivity index (χ0n) is 6.72. The fraction of sp³-hybridized carbons (Fsp3) is 0.714. The maximum Gasteiger partial charge on any atom is 0.302 e. The van der Waals surface area contributed by atoms with Gasteiger partial charge in [0.2, 0.25) is 0 Å². The van der Waals surface area contributed by atoms with Gasteiger partial charge in [-0.1, -0.05) is 0 Å². The predicted octanol–water partition coefficient (Wildman–Crippen LogP) is 0.656. The van der Waals surface area contributed by atoms with E-state index in [1.54, 1.807) is 0 Å². The topological polar surface area (TPSA) is 76.2 Å². The van der Waals surface area contributed by atoms with Crippen LogP contribution in [0.25, 0.3) is 0 Å². The van der Waals surface area contributed by atoms with Gasteiger partial charge in [-0.2, -0.15) is 0 Å². The third kappa shape index (κ3) is 8.94. The third-order valence-corrected chi connectivity index (χ3v) is 1.15. The predicted molar refractivity (Wildman–Crippen MR) is 42.4 cm³/mol. The Bertz CT molecular complexity index is 129. The molecule has 0 amide bonds. The number of carbonyl (C=O) groups excluding carboxylic acids is 1. The monoisotopic (exact) mass is 158 g/mol. The Morgan fingerprint density at radius 1 is 1.55 bits per heavy atom. The van der Waals surface area contributed by atoms with Crippen LogP contribution in [-0.2, 0) is 9.53 Å². The van der Waals surface area contributed by atoms with Gasteiger partial charge in [-0.05, 0) is 12.8 Å². The zero-order valence-corrected chi connectivity index (χ0v) is 6.72. The molecule has 0 aromatic carbocycles. The van der Waals surface area contributed by atoms with E-state index >= 15 is 0 Å². The number of nitrogens with two attached hydrogens (primary N) is 1. The number of nitrogens with one attached hydrogen (secondary N) is 1. The molecule has 3 N–H and O–H groups in total. The lowest BCUT2D eigenvalue weighted by Crippen LogP contribution is -2.09. The van der Waals surface area contributed by atoms with Gasteiger partial charge in [0.05, 0.1) is 12.4 Å². The van der Waals surface area contributed by atoms with Gasteiger partial charge >= 0.3 is 5.97 Å². The zero-order chi connectivity index (χ0) is 8.69. The van der Waals surface area contributed by atoms with Crippen LogP contribution < -0.4 is 5.73 Å². The molecule has 0 fully saturated rings. The highest BCUT2D eigenvalue weighted by molar-refractivity contribution is 5.76. The van der Waals surface area contributed by atoms with Crippen molar-refractivity contribution in [2.24, 2.45) is 5.73 Å². The minimum absolute atomic E-state index is 0.188. The smallest absolute Gasteiger partial charge is 0.302 e. The summed E-state index contributed by atoms with van der Waals surface area (Å²) >= 11 is 0. The summed E-state index contributed by atoms with van der Waals surface area (Å²) in [7, 11) is 0. The van der Waals surface area contributed by atoms with Crippen molar-refractivity contribution in [3.63, 3.8) is 0 Å². The molecule has 0 saturated heterocycles. The summed E-state index contributed by atoms with van der Waals surface area (Å²) in [6.45, 7) is 1.81. The minimum atomic E-state index is -0.257. The van der Waals surface area contributed by atoms with Gasteiger partial charge in [-0.25, -0.2) is 0 Å². The first-order chi connectivity index (χ1) is 5.13. The fourth-order valence-corrected chi connectivity index (χ4v) is 0.633. The summed E-state index contributed by atoms with van der Waals surface area (Å²) in [5.41, 5.74) is 5.11. The number of carbonyl (C=O) groups is 1. The maximum atomic E-state index is 10.3. The Morgan fingerprint density at radius 3 is 2.64 bits per heavy atom. The molecule has 0 radical (unpaired) electrons. The van der Waals surface area contributed by atoms with Gasteiger partial charge in [0, 0.05) is 13.3 Å². The number of amidine groups is 1. The van der Waals surface area contributed by atoms with E-state index in [0.717, 1.165) is 12.8 Å². The lowest BCUT2D eigenvalue weighted by Gasteiger charge is -2.00. The van der Waals surface area contributed by atoms with Crippen LogP contribution in [0.1, 0.15) is 26.2 Å². The Balaban J connectivity index is 3.03. The molecule has 64 valence electrons.